The van der Waals surface area contributed by atoms with Gasteiger partial charge in [-0.3, -0.25) is 10.1 Å². The Hall–Kier alpha value is -1.69. The highest BCUT2D eigenvalue weighted by molar-refractivity contribution is 5.63. The van der Waals surface area contributed by atoms with E-state index < -0.39 is 10.7 Å². The van der Waals surface area contributed by atoms with E-state index in [-0.39, 0.29) is 5.69 Å². The lowest BCUT2D eigenvalue weighted by atomic mass is 10.1. The average molecular weight is 253 g/mol. The molecule has 0 aliphatic carbocycles. The van der Waals surface area contributed by atoms with Gasteiger partial charge in [-0.05, 0) is 38.1 Å². The quantitative estimate of drug-likeness (QED) is 0.656. The summed E-state index contributed by atoms with van der Waals surface area (Å²) in [4.78, 5) is 12.4. The molecule has 1 aliphatic rings. The van der Waals surface area contributed by atoms with Crippen molar-refractivity contribution in [3.63, 3.8) is 0 Å². The summed E-state index contributed by atoms with van der Waals surface area (Å²) in [6, 6.07) is 3.75. The molecular weight excluding hydrogens is 237 g/mol. The largest absolute Gasteiger partial charge is 0.366 e. The fourth-order valence-electron chi connectivity index (χ4n) is 2.42. The SMILES string of the molecule is CNCC1CCN(c2ccc(F)cc2[N+](=O)[O-])C1. The summed E-state index contributed by atoms with van der Waals surface area (Å²) < 4.78 is 13.1. The molecule has 1 fully saturated rings. The predicted octanol–water partition coefficient (Wildman–Crippen LogP) is 1.78. The lowest BCUT2D eigenvalue weighted by Gasteiger charge is -2.18. The molecule has 1 atom stereocenters. The third-order valence-electron chi connectivity index (χ3n) is 3.25. The van der Waals surface area contributed by atoms with Gasteiger partial charge >= 0.3 is 0 Å². The maximum Gasteiger partial charge on any atom is 0.295 e. The van der Waals surface area contributed by atoms with Crippen LogP contribution < -0.4 is 10.2 Å². The summed E-state index contributed by atoms with van der Waals surface area (Å²) in [6.07, 6.45) is 0.995. The minimum Gasteiger partial charge on any atom is -0.366 e. The first-order valence-electron chi connectivity index (χ1n) is 5.95. The average Bonchev–Trinajstić information content (AvgIpc) is 2.78. The van der Waals surface area contributed by atoms with Crippen LogP contribution in [0.2, 0.25) is 0 Å². The van der Waals surface area contributed by atoms with Crippen LogP contribution in [0.5, 0.6) is 0 Å². The van der Waals surface area contributed by atoms with Crippen molar-refractivity contribution < 1.29 is 9.31 Å². The van der Waals surface area contributed by atoms with Crippen molar-refractivity contribution in [2.24, 2.45) is 5.92 Å². The highest BCUT2D eigenvalue weighted by atomic mass is 19.1. The predicted molar refractivity (Wildman–Crippen MR) is 67.3 cm³/mol. The van der Waals surface area contributed by atoms with Gasteiger partial charge in [0.2, 0.25) is 0 Å². The molecule has 1 unspecified atom stereocenters. The molecule has 6 heteroatoms. The smallest absolute Gasteiger partial charge is 0.295 e. The molecule has 1 aliphatic heterocycles. The van der Waals surface area contributed by atoms with Crippen LogP contribution in [0.15, 0.2) is 18.2 Å². The van der Waals surface area contributed by atoms with Gasteiger partial charge in [0, 0.05) is 13.1 Å². The van der Waals surface area contributed by atoms with Crippen molar-refractivity contribution in [2.45, 2.75) is 6.42 Å². The molecule has 0 bridgehead atoms. The van der Waals surface area contributed by atoms with Gasteiger partial charge in [0.05, 0.1) is 11.0 Å². The van der Waals surface area contributed by atoms with E-state index in [1.807, 2.05) is 11.9 Å². The van der Waals surface area contributed by atoms with E-state index in [4.69, 9.17) is 0 Å². The van der Waals surface area contributed by atoms with Gasteiger partial charge < -0.3 is 10.2 Å². The lowest BCUT2D eigenvalue weighted by Crippen LogP contribution is -2.24. The zero-order valence-corrected chi connectivity index (χ0v) is 10.2. The number of benzene rings is 1. The normalized spacial score (nSPS) is 19.2. The highest BCUT2D eigenvalue weighted by Gasteiger charge is 2.27. The van der Waals surface area contributed by atoms with Gasteiger partial charge in [0.15, 0.2) is 0 Å². The third-order valence-corrected chi connectivity index (χ3v) is 3.25. The minimum atomic E-state index is -0.573. The van der Waals surface area contributed by atoms with Gasteiger partial charge in [-0.15, -0.1) is 0 Å². The first kappa shape index (κ1) is 12.8. The molecule has 1 saturated heterocycles. The number of halogens is 1. The zero-order valence-electron chi connectivity index (χ0n) is 10.2. The molecule has 1 heterocycles. The van der Waals surface area contributed by atoms with Gasteiger partial charge in [-0.2, -0.15) is 0 Å². The highest BCUT2D eigenvalue weighted by Crippen LogP contribution is 2.32. The van der Waals surface area contributed by atoms with Crippen molar-refractivity contribution in [2.75, 3.05) is 31.6 Å². The fraction of sp³-hybridized carbons (Fsp3) is 0.500. The maximum atomic E-state index is 13.1. The van der Waals surface area contributed by atoms with E-state index in [9.17, 15) is 14.5 Å². The minimum absolute atomic E-state index is 0.153. The van der Waals surface area contributed by atoms with Crippen LogP contribution in [0.1, 0.15) is 6.42 Å². The molecule has 1 aromatic rings. The van der Waals surface area contributed by atoms with Crippen LogP contribution in [-0.2, 0) is 0 Å². The molecule has 0 amide bonds. The molecule has 1 aromatic carbocycles. The van der Waals surface area contributed by atoms with Crippen LogP contribution >= 0.6 is 0 Å². The second-order valence-electron chi connectivity index (χ2n) is 4.55. The van der Waals surface area contributed by atoms with Gasteiger partial charge in [-0.25, -0.2) is 4.39 Å². The number of hydrogen-bond donors (Lipinski definition) is 1. The lowest BCUT2D eigenvalue weighted by molar-refractivity contribution is -0.384. The van der Waals surface area contributed by atoms with Gasteiger partial charge in [0.25, 0.3) is 5.69 Å². The van der Waals surface area contributed by atoms with Crippen LogP contribution in [0.3, 0.4) is 0 Å². The second kappa shape index (κ2) is 5.30. The summed E-state index contributed by atoms with van der Waals surface area (Å²) in [5.41, 5.74) is 0.361. The van der Waals surface area contributed by atoms with Gasteiger partial charge in [-0.1, -0.05) is 0 Å². The number of nitrogens with zero attached hydrogens (tertiary/aromatic N) is 2. The van der Waals surface area contributed by atoms with E-state index >= 15 is 0 Å². The van der Waals surface area contributed by atoms with E-state index in [0.717, 1.165) is 32.1 Å². The first-order valence-corrected chi connectivity index (χ1v) is 5.95. The Morgan fingerprint density at radius 3 is 3.06 bits per heavy atom. The summed E-state index contributed by atoms with van der Waals surface area (Å²) >= 11 is 0. The standard InChI is InChI=1S/C12H16FN3O2/c1-14-7-9-4-5-15(8-9)11-3-2-10(13)6-12(11)16(17)18/h2-3,6,9,14H,4-5,7-8H2,1H3. The third kappa shape index (κ3) is 2.59. The topological polar surface area (TPSA) is 58.4 Å². The molecule has 18 heavy (non-hydrogen) atoms. The van der Waals surface area contributed by atoms with Crippen molar-refractivity contribution in [3.05, 3.63) is 34.1 Å². The molecule has 0 spiro atoms. The van der Waals surface area contributed by atoms with Gasteiger partial charge in [0.1, 0.15) is 11.5 Å². The monoisotopic (exact) mass is 253 g/mol. The van der Waals surface area contributed by atoms with Crippen molar-refractivity contribution in [3.8, 4) is 0 Å². The Morgan fingerprint density at radius 1 is 1.61 bits per heavy atom. The molecule has 0 aromatic heterocycles. The molecule has 98 valence electrons. The number of nitrogens with one attached hydrogen (secondary N) is 1. The molecule has 0 saturated carbocycles. The van der Waals surface area contributed by atoms with E-state index in [0.29, 0.717) is 11.6 Å². The number of nitro benzene ring substituents is 1. The number of anilines is 1. The van der Waals surface area contributed by atoms with Crippen LogP contribution in [0, 0.1) is 21.8 Å². The number of hydrogen-bond acceptors (Lipinski definition) is 4. The Bertz CT molecular complexity index is 453. The summed E-state index contributed by atoms with van der Waals surface area (Å²) in [6.45, 7) is 2.44. The molecule has 1 N–H and O–H groups in total. The van der Waals surface area contributed by atoms with Crippen LogP contribution in [-0.4, -0.2) is 31.6 Å². The van der Waals surface area contributed by atoms with Crippen molar-refractivity contribution >= 4 is 11.4 Å². The van der Waals surface area contributed by atoms with Crippen LogP contribution in [0.25, 0.3) is 0 Å². The Kier molecular flexibility index (Phi) is 3.76. The Morgan fingerprint density at radius 2 is 2.39 bits per heavy atom. The summed E-state index contributed by atoms with van der Waals surface area (Å²) in [5, 5.41) is 14.0. The Labute approximate surface area is 105 Å². The zero-order chi connectivity index (χ0) is 13.1. The summed E-state index contributed by atoms with van der Waals surface area (Å²) in [5.74, 6) is -0.0870. The number of nitro groups is 1. The van der Waals surface area contributed by atoms with Crippen molar-refractivity contribution in [1.82, 2.24) is 5.32 Å². The van der Waals surface area contributed by atoms with E-state index in [2.05, 4.69) is 5.32 Å². The first-order chi connectivity index (χ1) is 8.61. The fourth-order valence-corrected chi connectivity index (χ4v) is 2.42. The molecule has 5 nitrogen and oxygen atoms in total. The van der Waals surface area contributed by atoms with Crippen molar-refractivity contribution in [1.29, 1.82) is 0 Å². The summed E-state index contributed by atoms with van der Waals surface area (Å²) in [7, 11) is 1.89. The molecular formula is C12H16FN3O2. The van der Waals surface area contributed by atoms with E-state index in [1.165, 1.54) is 12.1 Å². The Balaban J connectivity index is 2.21. The van der Waals surface area contributed by atoms with E-state index in [1.54, 1.807) is 0 Å². The van der Waals surface area contributed by atoms with Crippen LogP contribution in [0.4, 0.5) is 15.8 Å². The number of rotatable bonds is 4. The maximum absolute atomic E-state index is 13.1. The second-order valence-corrected chi connectivity index (χ2v) is 4.55. The molecule has 0 radical (unpaired) electrons. The molecule has 2 rings (SSSR count).